The molecule has 2 unspecified atom stereocenters. The molecule has 156 valence electrons. The number of hydrogen-bond acceptors (Lipinski definition) is 3. The molecule has 1 aliphatic heterocycles. The maximum Gasteiger partial charge on any atom is 0.326 e. The Balaban J connectivity index is 1.98. The molecule has 0 radical (unpaired) electrons. The maximum atomic E-state index is 13.7. The van der Waals surface area contributed by atoms with Crippen molar-refractivity contribution in [3.05, 3.63) is 65.7 Å². The average molecular weight is 405 g/mol. The van der Waals surface area contributed by atoms with Gasteiger partial charge in [-0.15, -0.1) is 0 Å². The number of hydrogen-bond donors (Lipinski definition) is 0. The first-order valence-corrected chi connectivity index (χ1v) is 10.0. The highest BCUT2D eigenvalue weighted by molar-refractivity contribution is 5.97. The Labute approximate surface area is 178 Å². The smallest absolute Gasteiger partial charge is 0.323 e. The molecular weight excluding hydrogens is 376 g/mol. The van der Waals surface area contributed by atoms with Gasteiger partial charge >= 0.3 is 6.03 Å². The molecule has 1 saturated heterocycles. The van der Waals surface area contributed by atoms with Crippen LogP contribution in [-0.4, -0.2) is 48.0 Å². The van der Waals surface area contributed by atoms with Crippen LogP contribution >= 0.6 is 0 Å². The minimum Gasteiger partial charge on any atom is -0.323 e. The minimum atomic E-state index is -0.574. The van der Waals surface area contributed by atoms with E-state index in [2.05, 4.69) is 6.07 Å². The monoisotopic (exact) mass is 404 g/mol. The number of amides is 3. The zero-order valence-electron chi connectivity index (χ0n) is 18.2. The summed E-state index contributed by atoms with van der Waals surface area (Å²) in [6.07, 6.45) is 0.0934. The second kappa shape index (κ2) is 8.19. The molecule has 6 nitrogen and oxygen atoms in total. The number of anilines is 1. The Morgan fingerprint density at radius 2 is 1.70 bits per heavy atom. The number of carbonyl (C=O) groups excluding carboxylic acids is 2. The molecule has 0 bridgehead atoms. The highest BCUT2D eigenvalue weighted by Gasteiger charge is 2.51. The number of urea groups is 1. The van der Waals surface area contributed by atoms with Crippen molar-refractivity contribution < 1.29 is 9.59 Å². The number of nitrogens with zero attached hydrogens (tertiary/aromatic N) is 4. The van der Waals surface area contributed by atoms with Crippen LogP contribution in [0.2, 0.25) is 0 Å². The lowest BCUT2D eigenvalue weighted by atomic mass is 9.91. The van der Waals surface area contributed by atoms with E-state index in [9.17, 15) is 9.59 Å². The summed E-state index contributed by atoms with van der Waals surface area (Å²) in [7, 11) is 3.47. The number of rotatable bonds is 3. The number of benzene rings is 2. The molecule has 0 spiro atoms. The number of nitriles is 1. The average Bonchev–Trinajstić information content (AvgIpc) is 2.98. The zero-order chi connectivity index (χ0) is 22.1. The highest BCUT2D eigenvalue weighted by atomic mass is 16.2. The largest absolute Gasteiger partial charge is 0.326 e. The molecule has 0 N–H and O–H groups in total. The molecule has 1 heterocycles. The summed E-state index contributed by atoms with van der Waals surface area (Å²) < 4.78 is 0. The fraction of sp³-hybridized carbons (Fsp3) is 0.375. The molecule has 30 heavy (non-hydrogen) atoms. The molecule has 6 heteroatoms. The molecule has 2 aromatic carbocycles. The predicted molar refractivity (Wildman–Crippen MR) is 117 cm³/mol. The van der Waals surface area contributed by atoms with E-state index in [-0.39, 0.29) is 23.5 Å². The number of likely N-dealkylation sites (N-methyl/N-ethyl adjacent to an activating group) is 1. The molecule has 3 amide bonds. The van der Waals surface area contributed by atoms with Crippen molar-refractivity contribution in [1.82, 2.24) is 9.80 Å². The first-order chi connectivity index (χ1) is 14.1. The Morgan fingerprint density at radius 1 is 1.10 bits per heavy atom. The third-order valence-corrected chi connectivity index (χ3v) is 5.54. The van der Waals surface area contributed by atoms with Crippen molar-refractivity contribution in [2.45, 2.75) is 39.4 Å². The fourth-order valence-electron chi connectivity index (χ4n) is 4.13. The van der Waals surface area contributed by atoms with Crippen molar-refractivity contribution in [1.29, 1.82) is 5.26 Å². The van der Waals surface area contributed by atoms with Gasteiger partial charge in [-0.25, -0.2) is 4.79 Å². The summed E-state index contributed by atoms with van der Waals surface area (Å²) in [4.78, 5) is 31.8. The molecule has 3 rings (SSSR count). The summed E-state index contributed by atoms with van der Waals surface area (Å²) >= 11 is 0. The third kappa shape index (κ3) is 4.02. The van der Waals surface area contributed by atoms with Crippen molar-refractivity contribution in [2.75, 3.05) is 19.0 Å². The second-order valence-electron chi connectivity index (χ2n) is 8.80. The van der Waals surface area contributed by atoms with Crippen LogP contribution < -0.4 is 4.90 Å². The van der Waals surface area contributed by atoms with Gasteiger partial charge in [0.2, 0.25) is 5.91 Å². The Kier molecular flexibility index (Phi) is 5.84. The van der Waals surface area contributed by atoms with Crippen LogP contribution in [-0.2, 0) is 11.2 Å². The van der Waals surface area contributed by atoms with Crippen molar-refractivity contribution in [3.63, 3.8) is 0 Å². The first kappa shape index (κ1) is 21.4. The lowest BCUT2D eigenvalue weighted by Gasteiger charge is -2.40. The molecule has 0 saturated carbocycles. The molecule has 0 aromatic heterocycles. The standard InChI is InChI=1S/C24H28N4O2/c1-24(2,3)22-27(5)21(29)20(15-17-9-7-6-8-10-17)28(22)23(30)26(4)19-13-11-18(16-25)12-14-19/h6-14,20,22H,15H2,1-5H3. The summed E-state index contributed by atoms with van der Waals surface area (Å²) in [6, 6.07) is 17.9. The Hall–Kier alpha value is -3.33. The Morgan fingerprint density at radius 3 is 2.23 bits per heavy atom. The van der Waals surface area contributed by atoms with Crippen LogP contribution in [0.1, 0.15) is 31.9 Å². The van der Waals surface area contributed by atoms with Crippen LogP contribution in [0.4, 0.5) is 10.5 Å². The van der Waals surface area contributed by atoms with E-state index in [4.69, 9.17) is 5.26 Å². The zero-order valence-corrected chi connectivity index (χ0v) is 18.2. The van der Waals surface area contributed by atoms with Crippen LogP contribution in [0.15, 0.2) is 54.6 Å². The predicted octanol–water partition coefficient (Wildman–Crippen LogP) is 3.87. The number of carbonyl (C=O) groups is 2. The van der Waals surface area contributed by atoms with Gasteiger partial charge in [-0.2, -0.15) is 5.26 Å². The van der Waals surface area contributed by atoms with Crippen molar-refractivity contribution in [3.8, 4) is 6.07 Å². The molecule has 2 atom stereocenters. The van der Waals surface area contributed by atoms with E-state index in [1.54, 1.807) is 53.1 Å². The molecular formula is C24H28N4O2. The van der Waals surface area contributed by atoms with Gasteiger partial charge in [0.15, 0.2) is 0 Å². The van der Waals surface area contributed by atoms with Gasteiger partial charge in [-0.05, 0) is 29.8 Å². The van der Waals surface area contributed by atoms with E-state index in [0.29, 0.717) is 17.7 Å². The van der Waals surface area contributed by atoms with E-state index >= 15 is 0 Å². The molecule has 0 aliphatic carbocycles. The summed E-state index contributed by atoms with van der Waals surface area (Å²) in [5.74, 6) is -0.0552. The van der Waals surface area contributed by atoms with Crippen LogP contribution in [0.5, 0.6) is 0 Å². The quantitative estimate of drug-likeness (QED) is 0.780. The van der Waals surface area contributed by atoms with Crippen LogP contribution in [0.25, 0.3) is 0 Å². The van der Waals surface area contributed by atoms with E-state index < -0.39 is 6.04 Å². The molecule has 2 aromatic rings. The minimum absolute atomic E-state index is 0.0552. The second-order valence-corrected chi connectivity index (χ2v) is 8.80. The van der Waals surface area contributed by atoms with Crippen molar-refractivity contribution in [2.24, 2.45) is 5.41 Å². The van der Waals surface area contributed by atoms with Gasteiger partial charge in [0.25, 0.3) is 0 Å². The first-order valence-electron chi connectivity index (χ1n) is 10.0. The lowest BCUT2D eigenvalue weighted by Crippen LogP contribution is -2.54. The van der Waals surface area contributed by atoms with Crippen LogP contribution in [0, 0.1) is 16.7 Å². The summed E-state index contributed by atoms with van der Waals surface area (Å²) in [5.41, 5.74) is 1.90. The van der Waals surface area contributed by atoms with E-state index in [1.165, 1.54) is 0 Å². The fourth-order valence-corrected chi connectivity index (χ4v) is 4.13. The molecule has 1 aliphatic rings. The lowest BCUT2D eigenvalue weighted by molar-refractivity contribution is -0.129. The van der Waals surface area contributed by atoms with Gasteiger partial charge in [-0.3, -0.25) is 14.6 Å². The summed E-state index contributed by atoms with van der Waals surface area (Å²) in [5, 5.41) is 9.02. The topological polar surface area (TPSA) is 67.7 Å². The van der Waals surface area contributed by atoms with Gasteiger partial charge in [0.05, 0.1) is 11.6 Å². The van der Waals surface area contributed by atoms with Crippen molar-refractivity contribution >= 4 is 17.6 Å². The van der Waals surface area contributed by atoms with Crippen LogP contribution in [0.3, 0.4) is 0 Å². The summed E-state index contributed by atoms with van der Waals surface area (Å²) in [6.45, 7) is 6.11. The van der Waals surface area contributed by atoms with Gasteiger partial charge in [-0.1, -0.05) is 51.1 Å². The normalized spacial score (nSPS) is 19.0. The van der Waals surface area contributed by atoms with Gasteiger partial charge in [0.1, 0.15) is 12.2 Å². The maximum absolute atomic E-state index is 13.7. The van der Waals surface area contributed by atoms with E-state index in [1.807, 2.05) is 51.1 Å². The van der Waals surface area contributed by atoms with E-state index in [0.717, 1.165) is 5.56 Å². The highest BCUT2D eigenvalue weighted by Crippen LogP contribution is 2.36. The third-order valence-electron chi connectivity index (χ3n) is 5.54. The SMILES string of the molecule is CN(C(=O)N1C(Cc2ccccc2)C(=O)N(C)C1C(C)(C)C)c1ccc(C#N)cc1. The van der Waals surface area contributed by atoms with Gasteiger partial charge < -0.3 is 4.90 Å². The van der Waals surface area contributed by atoms with Gasteiger partial charge in [0, 0.05) is 31.6 Å². The Bertz CT molecular complexity index is 957. The molecule has 1 fully saturated rings.